The number of carbonyl (C=O) groups excluding carboxylic acids is 1. The van der Waals surface area contributed by atoms with Crippen molar-refractivity contribution in [2.24, 2.45) is 10.2 Å². The van der Waals surface area contributed by atoms with Gasteiger partial charge in [0, 0.05) is 6.42 Å². The largest absolute Gasteiger partial charge is 0.427 e. The van der Waals surface area contributed by atoms with Gasteiger partial charge in [0.2, 0.25) is 0 Å². The zero-order valence-corrected chi connectivity index (χ0v) is 10.6. The fraction of sp³-hybridized carbons (Fsp3) is 0.133. The molecular formula is C15H14N2O2. The third kappa shape index (κ3) is 4.03. The van der Waals surface area contributed by atoms with Crippen molar-refractivity contribution in [3.05, 3.63) is 54.6 Å². The van der Waals surface area contributed by atoms with Crippen LogP contribution in [0.1, 0.15) is 13.3 Å². The standard InChI is InChI=1S/C15H14N2O2/c1-2-15(18)19-14-10-8-13(9-11-14)17-16-12-6-4-3-5-7-12/h3-11H,2H2,1H3/b17-16+. The molecule has 0 aliphatic carbocycles. The van der Waals surface area contributed by atoms with Crippen LogP contribution in [0.3, 0.4) is 0 Å². The summed E-state index contributed by atoms with van der Waals surface area (Å²) in [6.45, 7) is 1.75. The summed E-state index contributed by atoms with van der Waals surface area (Å²) < 4.78 is 5.07. The van der Waals surface area contributed by atoms with Crippen LogP contribution in [0.2, 0.25) is 0 Å². The van der Waals surface area contributed by atoms with E-state index in [1.807, 2.05) is 30.3 Å². The van der Waals surface area contributed by atoms with Crippen molar-refractivity contribution >= 4 is 17.3 Å². The zero-order valence-electron chi connectivity index (χ0n) is 10.6. The highest BCUT2D eigenvalue weighted by Crippen LogP contribution is 2.21. The summed E-state index contributed by atoms with van der Waals surface area (Å²) in [5.74, 6) is 0.268. The van der Waals surface area contributed by atoms with E-state index in [9.17, 15) is 4.79 Å². The highest BCUT2D eigenvalue weighted by molar-refractivity contribution is 5.72. The van der Waals surface area contributed by atoms with Crippen LogP contribution in [0, 0.1) is 0 Å². The lowest BCUT2D eigenvalue weighted by atomic mass is 10.3. The first-order chi connectivity index (χ1) is 9.28. The van der Waals surface area contributed by atoms with E-state index in [4.69, 9.17) is 4.74 Å². The molecule has 0 unspecified atom stereocenters. The van der Waals surface area contributed by atoms with Crippen LogP contribution in [0.5, 0.6) is 5.75 Å². The third-order valence-corrected chi connectivity index (χ3v) is 2.39. The lowest BCUT2D eigenvalue weighted by molar-refractivity contribution is -0.134. The topological polar surface area (TPSA) is 51.0 Å². The number of hydrogen-bond donors (Lipinski definition) is 0. The molecule has 2 aromatic rings. The molecular weight excluding hydrogens is 240 g/mol. The molecule has 0 atom stereocenters. The fourth-order valence-corrected chi connectivity index (χ4v) is 1.39. The van der Waals surface area contributed by atoms with Crippen LogP contribution in [0.25, 0.3) is 0 Å². The third-order valence-electron chi connectivity index (χ3n) is 2.39. The van der Waals surface area contributed by atoms with Gasteiger partial charge in [-0.15, -0.1) is 0 Å². The summed E-state index contributed by atoms with van der Waals surface area (Å²) in [6.07, 6.45) is 0.357. The van der Waals surface area contributed by atoms with Crippen LogP contribution in [-0.2, 0) is 4.79 Å². The van der Waals surface area contributed by atoms with Crippen molar-refractivity contribution < 1.29 is 9.53 Å². The first-order valence-electron chi connectivity index (χ1n) is 6.05. The second-order valence-corrected chi connectivity index (χ2v) is 3.86. The molecule has 0 aliphatic heterocycles. The van der Waals surface area contributed by atoms with Crippen molar-refractivity contribution in [3.8, 4) is 5.75 Å². The second-order valence-electron chi connectivity index (χ2n) is 3.86. The minimum Gasteiger partial charge on any atom is -0.427 e. The smallest absolute Gasteiger partial charge is 0.310 e. The SMILES string of the molecule is CCC(=O)Oc1ccc(/N=N/c2ccccc2)cc1. The summed E-state index contributed by atoms with van der Waals surface area (Å²) in [7, 11) is 0. The Labute approximate surface area is 111 Å². The van der Waals surface area contributed by atoms with Gasteiger partial charge in [-0.3, -0.25) is 4.79 Å². The molecule has 0 heterocycles. The van der Waals surface area contributed by atoms with Crippen LogP contribution < -0.4 is 4.74 Å². The molecule has 0 saturated heterocycles. The Morgan fingerprint density at radius 3 is 2.11 bits per heavy atom. The normalized spacial score (nSPS) is 10.6. The molecule has 4 nitrogen and oxygen atoms in total. The summed E-state index contributed by atoms with van der Waals surface area (Å²) in [6, 6.07) is 16.4. The maximum absolute atomic E-state index is 11.1. The van der Waals surface area contributed by atoms with Crippen molar-refractivity contribution in [2.75, 3.05) is 0 Å². The van der Waals surface area contributed by atoms with E-state index in [1.54, 1.807) is 31.2 Å². The number of benzene rings is 2. The van der Waals surface area contributed by atoms with Gasteiger partial charge in [-0.25, -0.2) is 0 Å². The van der Waals surface area contributed by atoms with Gasteiger partial charge in [0.1, 0.15) is 5.75 Å². The summed E-state index contributed by atoms with van der Waals surface area (Å²) in [5.41, 5.74) is 1.50. The van der Waals surface area contributed by atoms with Gasteiger partial charge in [-0.1, -0.05) is 25.1 Å². The highest BCUT2D eigenvalue weighted by atomic mass is 16.5. The molecule has 0 saturated carbocycles. The van der Waals surface area contributed by atoms with Crippen LogP contribution in [0.15, 0.2) is 64.8 Å². The van der Waals surface area contributed by atoms with E-state index in [0.29, 0.717) is 17.9 Å². The Morgan fingerprint density at radius 2 is 1.53 bits per heavy atom. The Morgan fingerprint density at radius 1 is 0.947 bits per heavy atom. The molecule has 2 rings (SSSR count). The van der Waals surface area contributed by atoms with E-state index in [0.717, 1.165) is 5.69 Å². The lowest BCUT2D eigenvalue weighted by Crippen LogP contribution is -2.04. The van der Waals surface area contributed by atoms with Crippen molar-refractivity contribution in [1.29, 1.82) is 0 Å². The van der Waals surface area contributed by atoms with Crippen molar-refractivity contribution in [3.63, 3.8) is 0 Å². The van der Waals surface area contributed by atoms with Gasteiger partial charge in [0.05, 0.1) is 11.4 Å². The first kappa shape index (κ1) is 13.0. The lowest BCUT2D eigenvalue weighted by Gasteiger charge is -2.01. The minimum absolute atomic E-state index is 0.251. The number of hydrogen-bond acceptors (Lipinski definition) is 4. The number of ether oxygens (including phenoxy) is 1. The number of carbonyl (C=O) groups is 1. The van der Waals surface area contributed by atoms with Gasteiger partial charge < -0.3 is 4.74 Å². The maximum atomic E-state index is 11.1. The van der Waals surface area contributed by atoms with Gasteiger partial charge in [0.25, 0.3) is 0 Å². The molecule has 0 aromatic heterocycles. The molecule has 2 aromatic carbocycles. The molecule has 0 bridgehead atoms. The Balaban J connectivity index is 2.03. The first-order valence-corrected chi connectivity index (χ1v) is 6.05. The molecule has 96 valence electrons. The summed E-state index contributed by atoms with van der Waals surface area (Å²) >= 11 is 0. The summed E-state index contributed by atoms with van der Waals surface area (Å²) in [5, 5.41) is 8.20. The number of azo groups is 1. The molecule has 4 heteroatoms. The zero-order chi connectivity index (χ0) is 13.5. The van der Waals surface area contributed by atoms with Crippen molar-refractivity contribution in [2.45, 2.75) is 13.3 Å². The van der Waals surface area contributed by atoms with Crippen LogP contribution in [0.4, 0.5) is 11.4 Å². The number of esters is 1. The molecule has 0 fully saturated rings. The average molecular weight is 254 g/mol. The molecule has 0 N–H and O–H groups in total. The molecule has 0 spiro atoms. The average Bonchev–Trinajstić information content (AvgIpc) is 2.47. The van der Waals surface area contributed by atoms with Crippen molar-refractivity contribution in [1.82, 2.24) is 0 Å². The Bertz CT molecular complexity index is 562. The minimum atomic E-state index is -0.251. The molecule has 0 amide bonds. The number of rotatable bonds is 4. The van der Waals surface area contributed by atoms with Gasteiger partial charge in [-0.2, -0.15) is 10.2 Å². The number of nitrogens with zero attached hydrogens (tertiary/aromatic N) is 2. The van der Waals surface area contributed by atoms with E-state index < -0.39 is 0 Å². The van der Waals surface area contributed by atoms with E-state index >= 15 is 0 Å². The quantitative estimate of drug-likeness (QED) is 0.460. The van der Waals surface area contributed by atoms with E-state index in [2.05, 4.69) is 10.2 Å². The molecule has 0 aliphatic rings. The highest BCUT2D eigenvalue weighted by Gasteiger charge is 2.00. The Hall–Kier alpha value is -2.49. The molecule has 0 radical (unpaired) electrons. The monoisotopic (exact) mass is 254 g/mol. The van der Waals surface area contributed by atoms with Gasteiger partial charge >= 0.3 is 5.97 Å². The van der Waals surface area contributed by atoms with Crippen LogP contribution >= 0.6 is 0 Å². The predicted molar refractivity (Wildman–Crippen MR) is 73.0 cm³/mol. The van der Waals surface area contributed by atoms with Gasteiger partial charge in [-0.05, 0) is 36.4 Å². The van der Waals surface area contributed by atoms with E-state index in [1.165, 1.54) is 0 Å². The maximum Gasteiger partial charge on any atom is 0.310 e. The fourth-order valence-electron chi connectivity index (χ4n) is 1.39. The molecule has 19 heavy (non-hydrogen) atoms. The van der Waals surface area contributed by atoms with E-state index in [-0.39, 0.29) is 5.97 Å². The van der Waals surface area contributed by atoms with Crippen LogP contribution in [-0.4, -0.2) is 5.97 Å². The van der Waals surface area contributed by atoms with Gasteiger partial charge in [0.15, 0.2) is 0 Å². The summed E-state index contributed by atoms with van der Waals surface area (Å²) in [4.78, 5) is 11.1. The predicted octanol–water partition coefficient (Wildman–Crippen LogP) is 4.42. The second kappa shape index (κ2) is 6.44. The Kier molecular flexibility index (Phi) is 4.39.